The molecule has 0 saturated carbocycles. The first-order chi connectivity index (χ1) is 29.3. The maximum absolute atomic E-state index is 17.2. The monoisotopic (exact) mass is 932 g/mol. The number of thioether (sulfide) groups is 1. The van der Waals surface area contributed by atoms with Gasteiger partial charge in [0.1, 0.15) is 24.6 Å². The van der Waals surface area contributed by atoms with Crippen molar-refractivity contribution < 1.29 is 49.7 Å². The van der Waals surface area contributed by atoms with Gasteiger partial charge in [-0.1, -0.05) is 92.7 Å². The third kappa shape index (κ3) is 8.64. The highest BCUT2D eigenvalue weighted by atomic mass is 32.2. The molecule has 2 aromatic carbocycles. The number of hydrogen-bond donors (Lipinski definition) is 0. The Morgan fingerprint density at radius 1 is 0.651 bits per heavy atom. The summed E-state index contributed by atoms with van der Waals surface area (Å²) in [5.41, 5.74) is -3.17. The number of alkyl halides is 6. The van der Waals surface area contributed by atoms with Crippen molar-refractivity contribution in [2.45, 2.75) is 102 Å². The molecule has 2 atom stereocenters. The third-order valence-corrected chi connectivity index (χ3v) is 16.1. The number of ether oxygens (including phenoxy) is 4. The van der Waals surface area contributed by atoms with Crippen molar-refractivity contribution in [1.29, 1.82) is 0 Å². The van der Waals surface area contributed by atoms with Crippen molar-refractivity contribution in [3.63, 3.8) is 0 Å². The quantitative estimate of drug-likeness (QED) is 0.0866. The maximum Gasteiger partial charge on any atom is 0.380 e. The van der Waals surface area contributed by atoms with Gasteiger partial charge in [-0.25, -0.2) is 0 Å². The van der Waals surface area contributed by atoms with Crippen molar-refractivity contribution >= 4 is 55.9 Å². The van der Waals surface area contributed by atoms with E-state index in [1.807, 2.05) is 59.7 Å². The Bertz CT molecular complexity index is 2530. The van der Waals surface area contributed by atoms with E-state index in [-0.39, 0.29) is 76.5 Å². The third-order valence-electron chi connectivity index (χ3n) is 11.3. The van der Waals surface area contributed by atoms with Crippen LogP contribution in [0.25, 0.3) is 32.8 Å². The van der Waals surface area contributed by atoms with E-state index in [0.717, 1.165) is 20.2 Å². The minimum Gasteiger partial charge on any atom is -0.487 e. The maximum atomic E-state index is 17.2. The molecule has 0 amide bonds. The van der Waals surface area contributed by atoms with Crippen LogP contribution in [-0.2, 0) is 25.7 Å². The van der Waals surface area contributed by atoms with E-state index in [2.05, 4.69) is 20.8 Å². The molecule has 340 valence electrons. The van der Waals surface area contributed by atoms with Crippen LogP contribution in [0.5, 0.6) is 11.5 Å². The molecule has 5 nitrogen and oxygen atoms in total. The molecule has 0 bridgehead atoms. The van der Waals surface area contributed by atoms with Crippen molar-refractivity contribution in [1.82, 2.24) is 0 Å². The van der Waals surface area contributed by atoms with Crippen molar-refractivity contribution in [2.75, 3.05) is 40.6 Å². The number of halogens is 6. The van der Waals surface area contributed by atoms with Crippen molar-refractivity contribution in [3.05, 3.63) is 103 Å². The standard InChI is InChI=1S/C49H54F6O5S3/c1-44(2,3)28-14-12-27(13-15-28)42-39(29-24-32(58-22-20-56-10)33(26-31(29)60-42)59-23-21-57-11)41-40(47(50,51)49(54,55)48(41,52)53)30-25-36(34-16-18-37(61-34)45(4,5)6)63-43(30)35-17-19-38(62-35)46(7,8)9/h12-19,24-26,30,43H,20-23H2,1-11H3. The van der Waals surface area contributed by atoms with E-state index >= 15 is 26.3 Å². The second kappa shape index (κ2) is 16.9. The van der Waals surface area contributed by atoms with E-state index in [0.29, 0.717) is 9.78 Å². The zero-order valence-corrected chi connectivity index (χ0v) is 39.8. The van der Waals surface area contributed by atoms with E-state index in [4.69, 9.17) is 23.4 Å². The van der Waals surface area contributed by atoms with E-state index in [1.165, 1.54) is 66.9 Å². The predicted octanol–water partition coefficient (Wildman–Crippen LogP) is 15.0. The molecule has 0 N–H and O–H groups in total. The van der Waals surface area contributed by atoms with Crippen LogP contribution < -0.4 is 9.47 Å². The summed E-state index contributed by atoms with van der Waals surface area (Å²) in [6.07, 6.45) is 1.49. The Balaban J connectivity index is 1.57. The fourth-order valence-electron chi connectivity index (χ4n) is 7.78. The van der Waals surface area contributed by atoms with Gasteiger partial charge < -0.3 is 23.4 Å². The Morgan fingerprint density at radius 3 is 1.76 bits per heavy atom. The molecule has 2 aliphatic rings. The van der Waals surface area contributed by atoms with Gasteiger partial charge in [-0.3, -0.25) is 0 Å². The average Bonchev–Trinajstić information content (AvgIpc) is 4.02. The van der Waals surface area contributed by atoms with Crippen molar-refractivity contribution in [2.24, 2.45) is 5.92 Å². The molecule has 63 heavy (non-hydrogen) atoms. The molecule has 7 rings (SSSR count). The number of allylic oxidation sites excluding steroid dienone is 3. The molecule has 3 aromatic heterocycles. The van der Waals surface area contributed by atoms with E-state index < -0.39 is 45.6 Å². The summed E-state index contributed by atoms with van der Waals surface area (Å²) in [4.78, 5) is 3.86. The minimum atomic E-state index is -5.82. The van der Waals surface area contributed by atoms with E-state index in [9.17, 15) is 0 Å². The summed E-state index contributed by atoms with van der Waals surface area (Å²) in [6, 6.07) is 17.1. The Labute approximate surface area is 377 Å². The molecular weight excluding hydrogens is 879 g/mol. The Hall–Kier alpha value is -3.69. The summed E-state index contributed by atoms with van der Waals surface area (Å²) in [5, 5.41) is -1.06. The van der Waals surface area contributed by atoms with Gasteiger partial charge in [0, 0.05) is 78.3 Å². The first-order valence-corrected chi connectivity index (χ1v) is 23.3. The lowest BCUT2D eigenvalue weighted by atomic mass is 9.84. The van der Waals surface area contributed by atoms with Gasteiger partial charge in [-0.05, 0) is 52.1 Å². The molecule has 5 aromatic rings. The van der Waals surface area contributed by atoms with Gasteiger partial charge in [-0.2, -0.15) is 26.3 Å². The number of furan rings is 1. The topological polar surface area (TPSA) is 50.1 Å². The van der Waals surface area contributed by atoms with Gasteiger partial charge in [0.15, 0.2) is 11.5 Å². The summed E-state index contributed by atoms with van der Waals surface area (Å²) in [7, 11) is 2.97. The molecule has 1 aliphatic carbocycles. The number of hydrogen-bond acceptors (Lipinski definition) is 8. The molecule has 0 spiro atoms. The van der Waals surface area contributed by atoms with Gasteiger partial charge in [0.05, 0.1) is 18.5 Å². The zero-order chi connectivity index (χ0) is 46.1. The minimum absolute atomic E-state index is 0.00274. The van der Waals surface area contributed by atoms with Crippen LogP contribution in [0.4, 0.5) is 26.3 Å². The summed E-state index contributed by atoms with van der Waals surface area (Å²) >= 11 is 4.07. The lowest BCUT2D eigenvalue weighted by Crippen LogP contribution is -2.49. The molecule has 2 unspecified atom stereocenters. The molecule has 0 radical (unpaired) electrons. The second-order valence-corrected chi connectivity index (χ2v) is 22.5. The fourth-order valence-corrected chi connectivity index (χ4v) is 11.7. The molecule has 4 heterocycles. The summed E-state index contributed by atoms with van der Waals surface area (Å²) < 4.78 is 130. The van der Waals surface area contributed by atoms with Crippen LogP contribution in [0.3, 0.4) is 0 Å². The number of benzene rings is 2. The zero-order valence-electron chi connectivity index (χ0n) is 37.4. The second-order valence-electron chi connectivity index (χ2n) is 19.1. The van der Waals surface area contributed by atoms with Gasteiger partial charge in [0.25, 0.3) is 0 Å². The predicted molar refractivity (Wildman–Crippen MR) is 245 cm³/mol. The van der Waals surface area contributed by atoms with E-state index in [1.54, 1.807) is 30.3 Å². The number of rotatable bonds is 13. The first-order valence-electron chi connectivity index (χ1n) is 20.8. The number of methoxy groups -OCH3 is 2. The molecule has 14 heteroatoms. The molecule has 0 saturated heterocycles. The van der Waals surface area contributed by atoms with Crippen LogP contribution >= 0.6 is 34.4 Å². The Morgan fingerprint density at radius 2 is 1.22 bits per heavy atom. The summed E-state index contributed by atoms with van der Waals surface area (Å²) in [6.45, 7) is 18.6. The van der Waals surface area contributed by atoms with Crippen LogP contribution in [0, 0.1) is 5.92 Å². The van der Waals surface area contributed by atoms with Gasteiger partial charge in [-0.15, -0.1) is 34.4 Å². The largest absolute Gasteiger partial charge is 0.487 e. The first kappa shape index (κ1) is 47.3. The molecule has 0 fully saturated rings. The Kier molecular flexibility index (Phi) is 12.7. The fraction of sp³-hybridized carbons (Fsp3) is 0.469. The lowest BCUT2D eigenvalue weighted by molar-refractivity contribution is -0.261. The van der Waals surface area contributed by atoms with Crippen LogP contribution in [-0.4, -0.2) is 58.4 Å². The highest BCUT2D eigenvalue weighted by Gasteiger charge is 2.81. The van der Waals surface area contributed by atoms with Gasteiger partial charge >= 0.3 is 17.8 Å². The average molecular weight is 933 g/mol. The van der Waals surface area contributed by atoms with Crippen LogP contribution in [0.1, 0.15) is 98.2 Å². The normalized spacial score (nSPS) is 19.9. The van der Waals surface area contributed by atoms with Crippen LogP contribution in [0.15, 0.2) is 76.7 Å². The highest BCUT2D eigenvalue weighted by molar-refractivity contribution is 8.09. The smallest absolute Gasteiger partial charge is 0.380 e. The molecular formula is C49H54F6O5S3. The van der Waals surface area contributed by atoms with Gasteiger partial charge in [0.2, 0.25) is 0 Å². The lowest BCUT2D eigenvalue weighted by Gasteiger charge is -2.28. The number of fused-ring (bicyclic) bond motifs is 1. The van der Waals surface area contributed by atoms with Crippen molar-refractivity contribution in [3.8, 4) is 22.8 Å². The summed E-state index contributed by atoms with van der Waals surface area (Å²) in [5.74, 6) is -18.1. The molecule has 1 aliphatic heterocycles. The van der Waals surface area contributed by atoms with Crippen LogP contribution in [0.2, 0.25) is 0 Å². The SMILES string of the molecule is COCCOc1cc2oc(-c3ccc(C(C)(C)C)cc3)c(C3=C(C4C=C(c5ccc(C(C)(C)C)s5)SC4c4ccc(C(C)(C)C)s4)C(F)(F)C(F)(F)C3(F)F)c2cc1OCCOC. The highest BCUT2D eigenvalue weighted by Crippen LogP contribution is 2.69. The number of thiophene rings is 2.